The molecular weight excluding hydrogens is 472 g/mol. The van der Waals surface area contributed by atoms with Gasteiger partial charge in [-0.05, 0) is 38.1 Å². The summed E-state index contributed by atoms with van der Waals surface area (Å²) in [7, 11) is -9.57. The highest BCUT2D eigenvalue weighted by atomic mass is 32.3. The molecule has 184 valence electrons. The molecule has 0 aliphatic rings. The van der Waals surface area contributed by atoms with Crippen molar-refractivity contribution in [2.45, 2.75) is 27.9 Å². The molecule has 0 spiro atoms. The Bertz CT molecular complexity index is 1000. The van der Waals surface area contributed by atoms with Gasteiger partial charge in [-0.3, -0.25) is 0 Å². The molecule has 2 rings (SSSR count). The van der Waals surface area contributed by atoms with E-state index in [1.807, 2.05) is 0 Å². The largest absolute Gasteiger partial charge is 0.394 e. The number of aliphatic hydroxyl groups is 2. The lowest BCUT2D eigenvalue weighted by Gasteiger charge is -2.27. The maximum atomic E-state index is 13.3. The van der Waals surface area contributed by atoms with Gasteiger partial charge in [0.1, 0.15) is 6.61 Å². The van der Waals surface area contributed by atoms with Crippen molar-refractivity contribution in [1.82, 2.24) is 0 Å². The van der Waals surface area contributed by atoms with Crippen LogP contribution in [0, 0.1) is 13.8 Å². The molecule has 9 nitrogen and oxygen atoms in total. The van der Waals surface area contributed by atoms with Gasteiger partial charge in [0.15, 0.2) is 0 Å². The minimum absolute atomic E-state index is 0.0216. The SMILES string of the molecule is Cc1ccc(S(=O)(=O)C(O)(COCCOCCOCCO)S(=O)(=O)c2ccc(C)cc2)cc1. The Morgan fingerprint density at radius 2 is 1.03 bits per heavy atom. The predicted octanol–water partition coefficient (Wildman–Crippen LogP) is 1.24. The minimum atomic E-state index is -4.78. The van der Waals surface area contributed by atoms with Gasteiger partial charge in [0, 0.05) is 0 Å². The lowest BCUT2D eigenvalue weighted by Crippen LogP contribution is -2.50. The van der Waals surface area contributed by atoms with Crippen molar-refractivity contribution in [3.63, 3.8) is 0 Å². The fraction of sp³-hybridized carbons (Fsp3) is 0.455. The molecule has 2 aromatic carbocycles. The highest BCUT2D eigenvalue weighted by molar-refractivity contribution is 8.10. The Kier molecular flexibility index (Phi) is 9.98. The molecule has 0 fully saturated rings. The summed E-state index contributed by atoms with van der Waals surface area (Å²) in [5.74, 6) is 0. The molecule has 0 bridgehead atoms. The number of rotatable bonds is 14. The molecule has 11 heteroatoms. The number of hydrogen-bond acceptors (Lipinski definition) is 9. The van der Waals surface area contributed by atoms with Crippen LogP contribution in [0.1, 0.15) is 11.1 Å². The van der Waals surface area contributed by atoms with Crippen molar-refractivity contribution in [2.75, 3.05) is 46.2 Å². The topological polar surface area (TPSA) is 136 Å². The van der Waals surface area contributed by atoms with Crippen LogP contribution in [0.15, 0.2) is 58.3 Å². The van der Waals surface area contributed by atoms with Gasteiger partial charge in [-0.25, -0.2) is 16.8 Å². The number of aryl methyl sites for hydroxylation is 2. The molecule has 0 aliphatic carbocycles. The lowest BCUT2D eigenvalue weighted by molar-refractivity contribution is -0.00732. The Labute approximate surface area is 194 Å². The van der Waals surface area contributed by atoms with Crippen molar-refractivity contribution in [1.29, 1.82) is 0 Å². The smallest absolute Gasteiger partial charge is 0.300 e. The summed E-state index contributed by atoms with van der Waals surface area (Å²) in [6, 6.07) is 11.0. The molecule has 0 unspecified atom stereocenters. The van der Waals surface area contributed by atoms with Gasteiger partial charge in [-0.2, -0.15) is 0 Å². The van der Waals surface area contributed by atoms with Crippen molar-refractivity contribution in [2.24, 2.45) is 0 Å². The number of aliphatic hydroxyl groups excluding tert-OH is 1. The molecule has 0 amide bonds. The van der Waals surface area contributed by atoms with Gasteiger partial charge in [-0.15, -0.1) is 0 Å². The van der Waals surface area contributed by atoms with E-state index in [1.54, 1.807) is 13.8 Å². The first-order chi connectivity index (χ1) is 15.6. The van der Waals surface area contributed by atoms with Crippen LogP contribution in [0.4, 0.5) is 0 Å². The summed E-state index contributed by atoms with van der Waals surface area (Å²) in [6.45, 7) is 2.89. The van der Waals surface area contributed by atoms with E-state index in [9.17, 15) is 21.9 Å². The van der Waals surface area contributed by atoms with Crippen LogP contribution in [0.3, 0.4) is 0 Å². The first kappa shape index (κ1) is 27.4. The van der Waals surface area contributed by atoms with E-state index in [2.05, 4.69) is 0 Å². The second kappa shape index (κ2) is 12.0. The molecule has 0 radical (unpaired) electrons. The van der Waals surface area contributed by atoms with Gasteiger partial charge in [-0.1, -0.05) is 35.4 Å². The maximum absolute atomic E-state index is 13.3. The van der Waals surface area contributed by atoms with E-state index in [-0.39, 0.29) is 49.4 Å². The van der Waals surface area contributed by atoms with Crippen molar-refractivity contribution in [3.8, 4) is 0 Å². The minimum Gasteiger partial charge on any atom is -0.394 e. The molecule has 2 N–H and O–H groups in total. The van der Waals surface area contributed by atoms with Gasteiger partial charge in [0.2, 0.25) is 19.7 Å². The first-order valence-corrected chi connectivity index (χ1v) is 13.2. The van der Waals surface area contributed by atoms with Crippen LogP contribution in [0.2, 0.25) is 0 Å². The quantitative estimate of drug-likeness (QED) is 0.366. The molecule has 0 atom stereocenters. The molecule has 0 saturated heterocycles. The van der Waals surface area contributed by atoms with Crippen LogP contribution in [0.25, 0.3) is 0 Å². The lowest BCUT2D eigenvalue weighted by atomic mass is 10.2. The van der Waals surface area contributed by atoms with Crippen LogP contribution < -0.4 is 0 Å². The summed E-state index contributed by atoms with van der Waals surface area (Å²) >= 11 is 0. The number of benzene rings is 2. The number of ether oxygens (including phenoxy) is 3. The molecule has 0 aliphatic heterocycles. The first-order valence-electron chi connectivity index (χ1n) is 10.3. The van der Waals surface area contributed by atoms with Gasteiger partial charge >= 0.3 is 4.27 Å². The van der Waals surface area contributed by atoms with E-state index in [0.717, 1.165) is 11.1 Å². The average Bonchev–Trinajstić information content (AvgIpc) is 2.78. The second-order valence-electron chi connectivity index (χ2n) is 7.35. The average molecular weight is 503 g/mol. The number of hydrogen-bond donors (Lipinski definition) is 2. The third kappa shape index (κ3) is 6.60. The van der Waals surface area contributed by atoms with E-state index >= 15 is 0 Å². The molecule has 0 aromatic heterocycles. The zero-order valence-corrected chi connectivity index (χ0v) is 20.3. The summed E-state index contributed by atoms with van der Waals surface area (Å²) in [5.41, 5.74) is 1.55. The number of sulfone groups is 2. The van der Waals surface area contributed by atoms with E-state index in [4.69, 9.17) is 19.3 Å². The van der Waals surface area contributed by atoms with Crippen molar-refractivity contribution in [3.05, 3.63) is 59.7 Å². The van der Waals surface area contributed by atoms with E-state index in [1.165, 1.54) is 48.5 Å². The summed E-state index contributed by atoms with van der Waals surface area (Å²) in [6.07, 6.45) is 0. The Morgan fingerprint density at radius 1 is 0.667 bits per heavy atom. The normalized spacial score (nSPS) is 12.7. The standard InChI is InChI=1S/C22H30O9S2/c1-18-3-7-20(8-4-18)32(25,26)22(24,17-31-16-15-30-14-13-29-12-11-23)33(27,28)21-9-5-19(2)6-10-21/h3-10,23-24H,11-17H2,1-2H3. The highest BCUT2D eigenvalue weighted by Gasteiger charge is 2.55. The molecule has 0 heterocycles. The highest BCUT2D eigenvalue weighted by Crippen LogP contribution is 2.34. The van der Waals surface area contributed by atoms with Crippen molar-refractivity contribution >= 4 is 19.7 Å². The third-order valence-electron chi connectivity index (χ3n) is 4.77. The van der Waals surface area contributed by atoms with Gasteiger partial charge < -0.3 is 24.4 Å². The van der Waals surface area contributed by atoms with Gasteiger partial charge in [0.05, 0.1) is 49.4 Å². The van der Waals surface area contributed by atoms with Crippen LogP contribution in [-0.2, 0) is 33.9 Å². The van der Waals surface area contributed by atoms with Gasteiger partial charge in [0.25, 0.3) is 0 Å². The molecule has 0 saturated carbocycles. The maximum Gasteiger partial charge on any atom is 0.300 e. The second-order valence-corrected chi connectivity index (χ2v) is 11.9. The third-order valence-corrected chi connectivity index (χ3v) is 9.78. The summed E-state index contributed by atoms with van der Waals surface area (Å²) in [5, 5.41) is 19.9. The molecule has 33 heavy (non-hydrogen) atoms. The zero-order valence-electron chi connectivity index (χ0n) is 18.6. The Morgan fingerprint density at radius 3 is 1.42 bits per heavy atom. The monoisotopic (exact) mass is 502 g/mol. The van der Waals surface area contributed by atoms with Crippen LogP contribution in [-0.4, -0.2) is 77.6 Å². The fourth-order valence-electron chi connectivity index (χ4n) is 2.81. The fourth-order valence-corrected chi connectivity index (χ4v) is 6.74. The summed E-state index contributed by atoms with van der Waals surface area (Å²) < 4.78 is 65.7. The Hall–Kier alpha value is -1.86. The predicted molar refractivity (Wildman–Crippen MR) is 121 cm³/mol. The van der Waals surface area contributed by atoms with E-state index < -0.39 is 30.5 Å². The zero-order chi connectivity index (χ0) is 24.5. The molecule has 2 aromatic rings. The summed E-state index contributed by atoms with van der Waals surface area (Å²) in [4.78, 5) is -0.681. The van der Waals surface area contributed by atoms with Crippen LogP contribution in [0.5, 0.6) is 0 Å². The molecular formula is C22H30O9S2. The Balaban J connectivity index is 2.25. The van der Waals surface area contributed by atoms with E-state index in [0.29, 0.717) is 0 Å². The van der Waals surface area contributed by atoms with Crippen LogP contribution >= 0.6 is 0 Å². The van der Waals surface area contributed by atoms with Crippen molar-refractivity contribution < 1.29 is 41.3 Å².